The molecule has 1 heterocycles. The molecular formula is C23H24N2O3. The predicted octanol–water partition coefficient (Wildman–Crippen LogP) is 4.42. The van der Waals surface area contributed by atoms with Gasteiger partial charge in [0.15, 0.2) is 17.3 Å². The van der Waals surface area contributed by atoms with Crippen LogP contribution >= 0.6 is 0 Å². The summed E-state index contributed by atoms with van der Waals surface area (Å²) < 4.78 is 12.7. The molecule has 144 valence electrons. The lowest BCUT2D eigenvalue weighted by atomic mass is 9.81. The van der Waals surface area contributed by atoms with Crippen LogP contribution in [0.15, 0.2) is 42.5 Å². The van der Waals surface area contributed by atoms with Crippen LogP contribution < -0.4 is 9.47 Å². The van der Waals surface area contributed by atoms with Crippen LogP contribution in [-0.4, -0.2) is 29.8 Å². The first kappa shape index (κ1) is 18.3. The number of methoxy groups -OCH3 is 2. The molecule has 0 spiro atoms. The number of nitrogens with zero attached hydrogens (tertiary/aromatic N) is 2. The lowest BCUT2D eigenvalue weighted by Crippen LogP contribution is -2.20. The van der Waals surface area contributed by atoms with Crippen molar-refractivity contribution in [1.82, 2.24) is 9.78 Å². The van der Waals surface area contributed by atoms with E-state index in [1.165, 1.54) is 0 Å². The van der Waals surface area contributed by atoms with E-state index in [0.717, 1.165) is 40.2 Å². The van der Waals surface area contributed by atoms with Gasteiger partial charge in [-0.25, -0.2) is 4.68 Å². The largest absolute Gasteiger partial charge is 0.493 e. The highest BCUT2D eigenvalue weighted by atomic mass is 16.5. The fourth-order valence-corrected chi connectivity index (χ4v) is 4.07. The maximum atomic E-state index is 13.0. The van der Waals surface area contributed by atoms with Gasteiger partial charge in [0, 0.05) is 6.42 Å². The summed E-state index contributed by atoms with van der Waals surface area (Å²) in [6.45, 7) is 3.98. The van der Waals surface area contributed by atoms with Gasteiger partial charge in [0.1, 0.15) is 0 Å². The van der Waals surface area contributed by atoms with Crippen molar-refractivity contribution in [2.24, 2.45) is 0 Å². The fourth-order valence-electron chi connectivity index (χ4n) is 4.07. The molecule has 0 saturated carbocycles. The van der Waals surface area contributed by atoms with Crippen LogP contribution in [0, 0.1) is 13.8 Å². The number of benzene rings is 2. The maximum Gasteiger partial charge on any atom is 0.167 e. The summed E-state index contributed by atoms with van der Waals surface area (Å²) >= 11 is 0. The van der Waals surface area contributed by atoms with Gasteiger partial charge in [-0.1, -0.05) is 18.2 Å². The third-order valence-electron chi connectivity index (χ3n) is 5.43. The highest BCUT2D eigenvalue weighted by molar-refractivity contribution is 6.00. The Morgan fingerprint density at radius 1 is 1.00 bits per heavy atom. The molecule has 5 nitrogen and oxygen atoms in total. The smallest absolute Gasteiger partial charge is 0.167 e. The SMILES string of the molecule is COc1ccc(C2CC(=O)c3c(C)nn(-c4cccc(C)c4)c3C2)cc1OC. The zero-order valence-electron chi connectivity index (χ0n) is 16.7. The van der Waals surface area contributed by atoms with Gasteiger partial charge >= 0.3 is 0 Å². The average Bonchev–Trinajstić information content (AvgIpc) is 3.04. The van der Waals surface area contributed by atoms with Crippen LogP contribution in [0.4, 0.5) is 0 Å². The van der Waals surface area contributed by atoms with E-state index in [-0.39, 0.29) is 11.7 Å². The van der Waals surface area contributed by atoms with Crippen molar-refractivity contribution in [1.29, 1.82) is 0 Å². The highest BCUT2D eigenvalue weighted by Gasteiger charge is 2.32. The number of ether oxygens (including phenoxy) is 2. The van der Waals surface area contributed by atoms with E-state index in [1.54, 1.807) is 14.2 Å². The first-order valence-electron chi connectivity index (χ1n) is 9.42. The molecule has 5 heteroatoms. The molecule has 0 radical (unpaired) electrons. The number of ketones is 1. The van der Waals surface area contributed by atoms with Gasteiger partial charge in [-0.2, -0.15) is 5.10 Å². The summed E-state index contributed by atoms with van der Waals surface area (Å²) in [6.07, 6.45) is 1.23. The molecule has 0 fully saturated rings. The van der Waals surface area contributed by atoms with Gasteiger partial charge in [-0.3, -0.25) is 4.79 Å². The van der Waals surface area contributed by atoms with Crippen LogP contribution in [0.25, 0.3) is 5.69 Å². The Bertz CT molecular complexity index is 1050. The molecule has 3 aromatic rings. The molecule has 1 unspecified atom stereocenters. The van der Waals surface area contributed by atoms with Crippen molar-refractivity contribution < 1.29 is 14.3 Å². The molecule has 0 saturated heterocycles. The fraction of sp³-hybridized carbons (Fsp3) is 0.304. The molecule has 0 aliphatic heterocycles. The molecule has 1 aliphatic rings. The molecule has 0 bridgehead atoms. The van der Waals surface area contributed by atoms with E-state index in [1.807, 2.05) is 41.9 Å². The molecule has 2 aromatic carbocycles. The quantitative estimate of drug-likeness (QED) is 0.676. The van der Waals surface area contributed by atoms with Gasteiger partial charge in [0.25, 0.3) is 0 Å². The molecule has 1 atom stereocenters. The van der Waals surface area contributed by atoms with Crippen molar-refractivity contribution in [3.63, 3.8) is 0 Å². The number of Topliss-reactive ketones (excluding diaryl/α,β-unsaturated/α-hetero) is 1. The minimum Gasteiger partial charge on any atom is -0.493 e. The standard InChI is InChI=1S/C23H24N2O3/c1-14-6-5-7-18(10-14)25-19-11-17(12-20(26)23(19)15(2)24-25)16-8-9-21(27-3)22(13-16)28-4/h5-10,13,17H,11-12H2,1-4H3. The van der Waals surface area contributed by atoms with E-state index in [9.17, 15) is 4.79 Å². The number of hydrogen-bond donors (Lipinski definition) is 0. The zero-order chi connectivity index (χ0) is 19.8. The lowest BCUT2D eigenvalue weighted by Gasteiger charge is -2.24. The van der Waals surface area contributed by atoms with E-state index < -0.39 is 0 Å². The minimum atomic E-state index is 0.0828. The molecule has 1 aromatic heterocycles. The van der Waals surface area contributed by atoms with Gasteiger partial charge in [0.05, 0.1) is 36.9 Å². The first-order chi connectivity index (χ1) is 13.5. The summed E-state index contributed by atoms with van der Waals surface area (Å²) in [5, 5.41) is 4.69. The number of carbonyl (C=O) groups excluding carboxylic acids is 1. The van der Waals surface area contributed by atoms with Gasteiger partial charge < -0.3 is 9.47 Å². The third-order valence-corrected chi connectivity index (χ3v) is 5.43. The van der Waals surface area contributed by atoms with Crippen LogP contribution in [0.3, 0.4) is 0 Å². The Hall–Kier alpha value is -3.08. The monoisotopic (exact) mass is 376 g/mol. The van der Waals surface area contributed by atoms with E-state index >= 15 is 0 Å². The number of carbonyl (C=O) groups is 1. The topological polar surface area (TPSA) is 53.3 Å². The second-order valence-electron chi connectivity index (χ2n) is 7.30. The summed E-state index contributed by atoms with van der Waals surface area (Å²) in [4.78, 5) is 13.0. The van der Waals surface area contributed by atoms with Gasteiger partial charge in [-0.15, -0.1) is 0 Å². The second-order valence-corrected chi connectivity index (χ2v) is 7.30. The zero-order valence-corrected chi connectivity index (χ0v) is 16.7. The summed E-state index contributed by atoms with van der Waals surface area (Å²) in [6, 6.07) is 14.1. The van der Waals surface area contributed by atoms with Crippen LogP contribution in [0.5, 0.6) is 11.5 Å². The number of aryl methyl sites for hydroxylation is 2. The van der Waals surface area contributed by atoms with Crippen LogP contribution in [-0.2, 0) is 6.42 Å². The number of fused-ring (bicyclic) bond motifs is 1. The van der Waals surface area contributed by atoms with E-state index in [2.05, 4.69) is 19.1 Å². The summed E-state index contributed by atoms with van der Waals surface area (Å²) in [5.74, 6) is 1.60. The normalized spacial score (nSPS) is 16.0. The van der Waals surface area contributed by atoms with Gasteiger partial charge in [-0.05, 0) is 61.6 Å². The Morgan fingerprint density at radius 2 is 1.79 bits per heavy atom. The lowest BCUT2D eigenvalue weighted by molar-refractivity contribution is 0.0963. The first-order valence-corrected chi connectivity index (χ1v) is 9.42. The Kier molecular flexibility index (Phi) is 4.67. The van der Waals surface area contributed by atoms with E-state index in [4.69, 9.17) is 14.6 Å². The van der Waals surface area contributed by atoms with Crippen molar-refractivity contribution in [3.8, 4) is 17.2 Å². The molecule has 0 amide bonds. The highest BCUT2D eigenvalue weighted by Crippen LogP contribution is 2.38. The molecule has 28 heavy (non-hydrogen) atoms. The number of aromatic nitrogens is 2. The molecule has 4 rings (SSSR count). The minimum absolute atomic E-state index is 0.0828. The number of hydrogen-bond acceptors (Lipinski definition) is 4. The van der Waals surface area contributed by atoms with Crippen LogP contribution in [0.2, 0.25) is 0 Å². The molecular weight excluding hydrogens is 352 g/mol. The molecule has 1 aliphatic carbocycles. The summed E-state index contributed by atoms with van der Waals surface area (Å²) in [5.41, 5.74) is 5.79. The summed E-state index contributed by atoms with van der Waals surface area (Å²) in [7, 11) is 3.25. The van der Waals surface area contributed by atoms with Crippen molar-refractivity contribution in [2.45, 2.75) is 32.6 Å². The van der Waals surface area contributed by atoms with Crippen molar-refractivity contribution in [3.05, 3.63) is 70.5 Å². The Labute approximate surface area is 164 Å². The molecule has 0 N–H and O–H groups in total. The second kappa shape index (κ2) is 7.15. The Balaban J connectivity index is 1.77. The number of rotatable bonds is 4. The average molecular weight is 376 g/mol. The van der Waals surface area contributed by atoms with Crippen LogP contribution in [0.1, 0.15) is 45.2 Å². The van der Waals surface area contributed by atoms with Crippen molar-refractivity contribution >= 4 is 5.78 Å². The van der Waals surface area contributed by atoms with E-state index in [0.29, 0.717) is 17.9 Å². The van der Waals surface area contributed by atoms with Crippen molar-refractivity contribution in [2.75, 3.05) is 14.2 Å². The predicted molar refractivity (Wildman–Crippen MR) is 108 cm³/mol. The van der Waals surface area contributed by atoms with Gasteiger partial charge in [0.2, 0.25) is 0 Å². The maximum absolute atomic E-state index is 13.0. The third kappa shape index (κ3) is 3.07. The Morgan fingerprint density at radius 3 is 2.50 bits per heavy atom.